The van der Waals surface area contributed by atoms with Gasteiger partial charge in [-0.05, 0) is 29.3 Å². The summed E-state index contributed by atoms with van der Waals surface area (Å²) >= 11 is 0. The van der Waals surface area contributed by atoms with Gasteiger partial charge in [0, 0.05) is 12.6 Å². The average Bonchev–Trinajstić information content (AvgIpc) is 2.37. The second-order valence-electron chi connectivity index (χ2n) is 4.63. The molecule has 0 atom stereocenters. The molecule has 1 aromatic rings. The standard InChI is InChI=1S/C14H13FN2O4/c15-11-3-1-10(9(5-11)2-4-14(20)21)6-17-7-12(18)16-13(19)8-17/h1-5H,6-8H2,(H,20,21)(H,16,18,19). The number of rotatable bonds is 4. The number of nitrogens with zero attached hydrogens (tertiary/aromatic N) is 1. The van der Waals surface area contributed by atoms with Gasteiger partial charge >= 0.3 is 5.97 Å². The summed E-state index contributed by atoms with van der Waals surface area (Å²) in [4.78, 5) is 34.8. The predicted molar refractivity (Wildman–Crippen MR) is 71.5 cm³/mol. The molecule has 110 valence electrons. The molecule has 2 amide bonds. The predicted octanol–water partition coefficient (Wildman–Crippen LogP) is 0.382. The van der Waals surface area contributed by atoms with Crippen LogP contribution in [0.25, 0.3) is 6.08 Å². The minimum atomic E-state index is -1.14. The molecule has 1 saturated heterocycles. The highest BCUT2D eigenvalue weighted by atomic mass is 19.1. The van der Waals surface area contributed by atoms with Gasteiger partial charge in [-0.15, -0.1) is 0 Å². The number of amides is 2. The number of carboxylic acids is 1. The minimum Gasteiger partial charge on any atom is -0.478 e. The zero-order chi connectivity index (χ0) is 15.4. The maximum atomic E-state index is 13.3. The van der Waals surface area contributed by atoms with Crippen molar-refractivity contribution in [2.75, 3.05) is 13.1 Å². The fourth-order valence-corrected chi connectivity index (χ4v) is 2.08. The van der Waals surface area contributed by atoms with Crippen molar-refractivity contribution in [2.24, 2.45) is 0 Å². The molecule has 0 aliphatic carbocycles. The molecule has 2 N–H and O–H groups in total. The highest BCUT2D eigenvalue weighted by Gasteiger charge is 2.22. The Morgan fingerprint density at radius 2 is 2.00 bits per heavy atom. The number of hydrogen-bond acceptors (Lipinski definition) is 4. The number of piperazine rings is 1. The Labute approximate surface area is 119 Å². The Morgan fingerprint density at radius 3 is 2.62 bits per heavy atom. The van der Waals surface area contributed by atoms with E-state index in [4.69, 9.17) is 5.11 Å². The summed E-state index contributed by atoms with van der Waals surface area (Å²) in [5, 5.41) is 10.8. The van der Waals surface area contributed by atoms with Crippen LogP contribution in [0.1, 0.15) is 11.1 Å². The zero-order valence-electron chi connectivity index (χ0n) is 11.0. The van der Waals surface area contributed by atoms with Gasteiger partial charge in [-0.1, -0.05) is 6.07 Å². The molecule has 1 aliphatic rings. The van der Waals surface area contributed by atoms with Crippen molar-refractivity contribution in [3.05, 3.63) is 41.2 Å². The van der Waals surface area contributed by atoms with Gasteiger partial charge in [0.05, 0.1) is 13.1 Å². The number of imide groups is 1. The SMILES string of the molecule is O=C(O)C=Cc1cc(F)ccc1CN1CC(=O)NC(=O)C1. The number of hydrogen-bond donors (Lipinski definition) is 2. The van der Waals surface area contributed by atoms with Crippen LogP contribution < -0.4 is 5.32 Å². The van der Waals surface area contributed by atoms with Gasteiger partial charge in [0.2, 0.25) is 11.8 Å². The van der Waals surface area contributed by atoms with Crippen LogP contribution in [0.3, 0.4) is 0 Å². The van der Waals surface area contributed by atoms with Crippen LogP contribution in [-0.4, -0.2) is 40.9 Å². The molecule has 0 aromatic heterocycles. The van der Waals surface area contributed by atoms with Crippen molar-refractivity contribution in [3.63, 3.8) is 0 Å². The first-order valence-electron chi connectivity index (χ1n) is 6.18. The van der Waals surface area contributed by atoms with Gasteiger partial charge in [-0.2, -0.15) is 0 Å². The van der Waals surface area contributed by atoms with Gasteiger partial charge in [0.15, 0.2) is 0 Å². The second kappa shape index (κ2) is 6.27. The smallest absolute Gasteiger partial charge is 0.328 e. The number of nitrogens with one attached hydrogen (secondary N) is 1. The third kappa shape index (κ3) is 4.22. The number of carbonyl (C=O) groups is 3. The molecule has 0 bridgehead atoms. The van der Waals surface area contributed by atoms with Crippen molar-refractivity contribution in [1.82, 2.24) is 10.2 Å². The summed E-state index contributed by atoms with van der Waals surface area (Å²) < 4.78 is 13.3. The Balaban J connectivity index is 2.20. The number of benzene rings is 1. The quantitative estimate of drug-likeness (QED) is 0.619. The molecule has 1 heterocycles. The first-order chi connectivity index (χ1) is 9.94. The van der Waals surface area contributed by atoms with E-state index in [0.29, 0.717) is 11.1 Å². The molecule has 0 unspecified atom stereocenters. The minimum absolute atomic E-state index is 0.0607. The average molecular weight is 292 g/mol. The van der Waals surface area contributed by atoms with E-state index in [1.807, 2.05) is 0 Å². The largest absolute Gasteiger partial charge is 0.478 e. The molecule has 1 aliphatic heterocycles. The lowest BCUT2D eigenvalue weighted by Crippen LogP contribution is -2.50. The Bertz CT molecular complexity index is 611. The summed E-state index contributed by atoms with van der Waals surface area (Å²) in [6, 6.07) is 3.97. The van der Waals surface area contributed by atoms with Crippen LogP contribution in [0.4, 0.5) is 4.39 Å². The fourth-order valence-electron chi connectivity index (χ4n) is 2.08. The van der Waals surface area contributed by atoms with Crippen LogP contribution in [0.15, 0.2) is 24.3 Å². The van der Waals surface area contributed by atoms with E-state index < -0.39 is 23.6 Å². The number of halogens is 1. The number of aliphatic carboxylic acids is 1. The molecule has 0 radical (unpaired) electrons. The van der Waals surface area contributed by atoms with Crippen LogP contribution in [-0.2, 0) is 20.9 Å². The van der Waals surface area contributed by atoms with E-state index in [1.54, 1.807) is 4.90 Å². The summed E-state index contributed by atoms with van der Waals surface area (Å²) in [7, 11) is 0. The van der Waals surface area contributed by atoms with Gasteiger partial charge in [0.25, 0.3) is 0 Å². The van der Waals surface area contributed by atoms with E-state index in [0.717, 1.165) is 6.08 Å². The topological polar surface area (TPSA) is 86.7 Å². The molecule has 6 nitrogen and oxygen atoms in total. The first kappa shape index (κ1) is 14.9. The van der Waals surface area contributed by atoms with Crippen molar-refractivity contribution < 1.29 is 23.9 Å². The summed E-state index contributed by atoms with van der Waals surface area (Å²) in [6.45, 7) is 0.370. The molecule has 1 fully saturated rings. The molecule has 2 rings (SSSR count). The van der Waals surface area contributed by atoms with Crippen LogP contribution in [0.5, 0.6) is 0 Å². The summed E-state index contributed by atoms with van der Waals surface area (Å²) in [5.74, 6) is -2.42. The van der Waals surface area contributed by atoms with Crippen LogP contribution in [0.2, 0.25) is 0 Å². The van der Waals surface area contributed by atoms with Crippen molar-refractivity contribution in [2.45, 2.75) is 6.54 Å². The van der Waals surface area contributed by atoms with Gasteiger partial charge in [0.1, 0.15) is 5.82 Å². The van der Waals surface area contributed by atoms with Gasteiger partial charge in [-0.3, -0.25) is 19.8 Å². The molecule has 0 saturated carbocycles. The first-order valence-corrected chi connectivity index (χ1v) is 6.18. The third-order valence-electron chi connectivity index (χ3n) is 2.92. The van der Waals surface area contributed by atoms with E-state index in [1.165, 1.54) is 24.3 Å². The van der Waals surface area contributed by atoms with E-state index in [2.05, 4.69) is 5.32 Å². The third-order valence-corrected chi connectivity index (χ3v) is 2.92. The highest BCUT2D eigenvalue weighted by molar-refractivity contribution is 5.99. The lowest BCUT2D eigenvalue weighted by Gasteiger charge is -2.25. The molecular formula is C14H13FN2O4. The van der Waals surface area contributed by atoms with E-state index >= 15 is 0 Å². The lowest BCUT2D eigenvalue weighted by molar-refractivity contribution is -0.136. The molecule has 1 aromatic carbocycles. The normalized spacial score (nSPS) is 16.2. The summed E-state index contributed by atoms with van der Waals surface area (Å²) in [6.07, 6.45) is 2.19. The van der Waals surface area contributed by atoms with Gasteiger partial charge in [-0.25, -0.2) is 9.18 Å². The van der Waals surface area contributed by atoms with Gasteiger partial charge < -0.3 is 5.11 Å². The number of carboxylic acid groups (broad SMARTS) is 1. The van der Waals surface area contributed by atoms with Crippen LogP contribution in [0, 0.1) is 5.82 Å². The molecule has 0 spiro atoms. The Hall–Kier alpha value is -2.54. The lowest BCUT2D eigenvalue weighted by atomic mass is 10.1. The monoisotopic (exact) mass is 292 g/mol. The Morgan fingerprint density at radius 1 is 1.33 bits per heavy atom. The molecule has 21 heavy (non-hydrogen) atoms. The van der Waals surface area contributed by atoms with Crippen LogP contribution >= 0.6 is 0 Å². The van der Waals surface area contributed by atoms with Crippen molar-refractivity contribution in [1.29, 1.82) is 0 Å². The maximum Gasteiger partial charge on any atom is 0.328 e. The summed E-state index contributed by atoms with van der Waals surface area (Å²) in [5.41, 5.74) is 1.03. The Kier molecular flexibility index (Phi) is 4.44. The number of carbonyl (C=O) groups excluding carboxylic acids is 2. The maximum absolute atomic E-state index is 13.3. The molecular weight excluding hydrogens is 279 g/mol. The van der Waals surface area contributed by atoms with Crippen molar-refractivity contribution in [3.8, 4) is 0 Å². The van der Waals surface area contributed by atoms with Crippen molar-refractivity contribution >= 4 is 23.9 Å². The molecule has 7 heteroatoms. The second-order valence-corrected chi connectivity index (χ2v) is 4.63. The van der Waals surface area contributed by atoms with E-state index in [-0.39, 0.29) is 19.6 Å². The fraction of sp³-hybridized carbons (Fsp3) is 0.214. The zero-order valence-corrected chi connectivity index (χ0v) is 11.0. The highest BCUT2D eigenvalue weighted by Crippen LogP contribution is 2.16. The van der Waals surface area contributed by atoms with E-state index in [9.17, 15) is 18.8 Å².